The van der Waals surface area contributed by atoms with E-state index in [9.17, 15) is 4.79 Å². The van der Waals surface area contributed by atoms with Crippen molar-refractivity contribution in [3.05, 3.63) is 48.2 Å². The molecule has 100 valence electrons. The third-order valence-electron chi connectivity index (χ3n) is 2.66. The van der Waals surface area contributed by atoms with Gasteiger partial charge in [-0.05, 0) is 40.4 Å². The van der Waals surface area contributed by atoms with Gasteiger partial charge in [0.15, 0.2) is 0 Å². The van der Waals surface area contributed by atoms with Crippen LogP contribution in [0, 0.1) is 0 Å². The summed E-state index contributed by atoms with van der Waals surface area (Å²) in [6.45, 7) is 0. The van der Waals surface area contributed by atoms with Gasteiger partial charge in [-0.1, -0.05) is 6.07 Å². The molecule has 0 saturated carbocycles. The van der Waals surface area contributed by atoms with Gasteiger partial charge in [-0.3, -0.25) is 0 Å². The number of ether oxygens (including phenoxy) is 1. The van der Waals surface area contributed by atoms with Crippen molar-refractivity contribution in [2.24, 2.45) is 0 Å². The predicted octanol–water partition coefficient (Wildman–Crippen LogP) is 1.10. The van der Waals surface area contributed by atoms with E-state index in [0.29, 0.717) is 22.5 Å². The van der Waals surface area contributed by atoms with Crippen molar-refractivity contribution in [1.29, 1.82) is 0 Å². The number of hydrogen-bond acceptors (Lipinski definition) is 6. The molecule has 0 atom stereocenters. The van der Waals surface area contributed by atoms with Crippen LogP contribution in [0.1, 0.15) is 10.4 Å². The van der Waals surface area contributed by atoms with Gasteiger partial charge in [0.1, 0.15) is 11.3 Å². The Morgan fingerprint density at radius 1 is 1.25 bits per heavy atom. The maximum atomic E-state index is 12.0. The average molecular weight is 270 g/mol. The van der Waals surface area contributed by atoms with Crippen LogP contribution in [-0.2, 0) is 0 Å². The third-order valence-corrected chi connectivity index (χ3v) is 2.66. The van der Waals surface area contributed by atoms with Crippen LogP contribution in [0.25, 0.3) is 11.2 Å². The molecule has 20 heavy (non-hydrogen) atoms. The van der Waals surface area contributed by atoms with Gasteiger partial charge < -0.3 is 9.57 Å². The van der Waals surface area contributed by atoms with E-state index in [0.717, 1.165) is 4.85 Å². The monoisotopic (exact) mass is 270 g/mol. The Balaban J connectivity index is 1.88. The molecular formula is C13H10N4O3. The van der Waals surface area contributed by atoms with Crippen LogP contribution in [-0.4, -0.2) is 33.2 Å². The number of rotatable bonds is 3. The molecule has 0 radical (unpaired) electrons. The van der Waals surface area contributed by atoms with E-state index in [1.807, 2.05) is 0 Å². The molecule has 7 nitrogen and oxygen atoms in total. The molecule has 2 heterocycles. The Morgan fingerprint density at radius 2 is 2.15 bits per heavy atom. The first kappa shape index (κ1) is 12.1. The summed E-state index contributed by atoms with van der Waals surface area (Å²) >= 11 is 0. The minimum atomic E-state index is -0.568. The Bertz CT molecular complexity index is 769. The first-order chi connectivity index (χ1) is 9.78. The molecule has 0 aliphatic heterocycles. The molecule has 0 bridgehead atoms. The lowest BCUT2D eigenvalue weighted by molar-refractivity contribution is 0.0405. The van der Waals surface area contributed by atoms with E-state index in [4.69, 9.17) is 9.57 Å². The zero-order chi connectivity index (χ0) is 13.9. The lowest BCUT2D eigenvalue weighted by atomic mass is 10.2. The molecule has 3 rings (SSSR count). The van der Waals surface area contributed by atoms with Gasteiger partial charge in [0.2, 0.25) is 5.65 Å². The number of carbonyl (C=O) groups is 1. The maximum absolute atomic E-state index is 12.0. The number of fused-ring (bicyclic) bond motifs is 1. The van der Waals surface area contributed by atoms with Gasteiger partial charge >= 0.3 is 5.97 Å². The summed E-state index contributed by atoms with van der Waals surface area (Å²) < 4.78 is 5.06. The lowest BCUT2D eigenvalue weighted by Gasteiger charge is -2.04. The molecule has 0 aliphatic rings. The summed E-state index contributed by atoms with van der Waals surface area (Å²) in [7, 11) is 1.53. The van der Waals surface area contributed by atoms with Crippen molar-refractivity contribution in [2.75, 3.05) is 7.11 Å². The van der Waals surface area contributed by atoms with E-state index in [1.54, 1.807) is 42.6 Å². The van der Waals surface area contributed by atoms with Crippen LogP contribution >= 0.6 is 0 Å². The highest BCUT2D eigenvalue weighted by Crippen LogP contribution is 2.13. The largest absolute Gasteiger partial charge is 0.497 e. The number of benzene rings is 1. The first-order valence-electron chi connectivity index (χ1n) is 5.81. The van der Waals surface area contributed by atoms with Crippen LogP contribution < -0.4 is 9.57 Å². The number of pyridine rings is 1. The van der Waals surface area contributed by atoms with E-state index in [-0.39, 0.29) is 0 Å². The Hall–Kier alpha value is -2.96. The molecule has 0 fully saturated rings. The van der Waals surface area contributed by atoms with Gasteiger partial charge in [0, 0.05) is 6.20 Å². The number of aromatic nitrogens is 4. The van der Waals surface area contributed by atoms with Crippen LogP contribution in [0.3, 0.4) is 0 Å². The third kappa shape index (κ3) is 2.16. The summed E-state index contributed by atoms with van der Waals surface area (Å²) in [4.78, 5) is 22.2. The van der Waals surface area contributed by atoms with E-state index < -0.39 is 5.97 Å². The second-order valence-corrected chi connectivity index (χ2v) is 3.92. The topological polar surface area (TPSA) is 79.1 Å². The molecule has 0 saturated heterocycles. The van der Waals surface area contributed by atoms with Crippen LogP contribution in [0.2, 0.25) is 0 Å². The van der Waals surface area contributed by atoms with Crippen molar-refractivity contribution in [3.8, 4) is 5.75 Å². The molecule has 0 spiro atoms. The van der Waals surface area contributed by atoms with Gasteiger partial charge in [-0.25, -0.2) is 9.78 Å². The summed E-state index contributed by atoms with van der Waals surface area (Å²) in [5, 5.41) is 7.58. The van der Waals surface area contributed by atoms with Gasteiger partial charge in [0.25, 0.3) is 0 Å². The predicted molar refractivity (Wildman–Crippen MR) is 69.2 cm³/mol. The van der Waals surface area contributed by atoms with Crippen molar-refractivity contribution >= 4 is 17.1 Å². The van der Waals surface area contributed by atoms with Crippen molar-refractivity contribution in [3.63, 3.8) is 0 Å². The van der Waals surface area contributed by atoms with Gasteiger partial charge in [-0.2, -0.15) is 0 Å². The Morgan fingerprint density at radius 3 is 3.00 bits per heavy atom. The van der Waals surface area contributed by atoms with Gasteiger partial charge in [-0.15, -0.1) is 5.10 Å². The van der Waals surface area contributed by atoms with E-state index in [2.05, 4.69) is 15.3 Å². The van der Waals surface area contributed by atoms with Gasteiger partial charge in [0.05, 0.1) is 12.7 Å². The number of nitrogens with zero attached hydrogens (tertiary/aromatic N) is 4. The average Bonchev–Trinajstić information content (AvgIpc) is 2.90. The minimum absolute atomic E-state index is 0.351. The standard InChI is InChI=1S/C13H10N4O3/c1-19-10-5-2-4-9(8-10)13(18)20-17-12-11(15-16-17)6-3-7-14-12/h2-8H,1H3. The molecule has 3 aromatic rings. The molecule has 1 aromatic carbocycles. The second-order valence-electron chi connectivity index (χ2n) is 3.92. The van der Waals surface area contributed by atoms with Crippen LogP contribution in [0.15, 0.2) is 42.6 Å². The van der Waals surface area contributed by atoms with Crippen molar-refractivity contribution in [2.45, 2.75) is 0 Å². The first-order valence-corrected chi connectivity index (χ1v) is 5.81. The smallest absolute Gasteiger partial charge is 0.365 e. The summed E-state index contributed by atoms with van der Waals surface area (Å²) in [5.74, 6) is 0.00220. The van der Waals surface area contributed by atoms with Crippen molar-refractivity contribution < 1.29 is 14.4 Å². The number of carbonyl (C=O) groups excluding carboxylic acids is 1. The SMILES string of the molecule is COc1cccc(C(=O)On2nnc3cccnc32)c1. The fourth-order valence-electron chi connectivity index (χ4n) is 1.69. The van der Waals surface area contributed by atoms with E-state index >= 15 is 0 Å². The van der Waals surface area contributed by atoms with Crippen LogP contribution in [0.5, 0.6) is 5.75 Å². The fraction of sp³-hybridized carbons (Fsp3) is 0.0769. The van der Waals surface area contributed by atoms with Crippen LogP contribution in [0.4, 0.5) is 0 Å². The molecule has 2 aromatic heterocycles. The highest BCUT2D eigenvalue weighted by atomic mass is 16.7. The molecule has 0 unspecified atom stereocenters. The fourth-order valence-corrected chi connectivity index (χ4v) is 1.69. The number of hydrogen-bond donors (Lipinski definition) is 0. The quantitative estimate of drug-likeness (QED) is 0.663. The molecule has 0 amide bonds. The molecular weight excluding hydrogens is 260 g/mol. The molecule has 0 N–H and O–H groups in total. The zero-order valence-electron chi connectivity index (χ0n) is 10.6. The maximum Gasteiger partial charge on any atom is 0.365 e. The Kier molecular flexibility index (Phi) is 3.00. The minimum Gasteiger partial charge on any atom is -0.497 e. The summed E-state index contributed by atoms with van der Waals surface area (Å²) in [5.41, 5.74) is 1.28. The highest BCUT2D eigenvalue weighted by Gasteiger charge is 2.13. The summed E-state index contributed by atoms with van der Waals surface area (Å²) in [6, 6.07) is 10.1. The second kappa shape index (κ2) is 4.96. The zero-order valence-corrected chi connectivity index (χ0v) is 10.6. The highest BCUT2D eigenvalue weighted by molar-refractivity contribution is 5.90. The van der Waals surface area contributed by atoms with E-state index in [1.165, 1.54) is 7.11 Å². The Labute approximate surface area is 113 Å². The molecule has 0 aliphatic carbocycles. The lowest BCUT2D eigenvalue weighted by Crippen LogP contribution is -2.21. The summed E-state index contributed by atoms with van der Waals surface area (Å²) in [6.07, 6.45) is 1.57. The molecule has 7 heteroatoms. The number of methoxy groups -OCH3 is 1. The normalized spacial score (nSPS) is 10.4. The van der Waals surface area contributed by atoms with Crippen molar-refractivity contribution in [1.82, 2.24) is 20.1 Å².